The van der Waals surface area contributed by atoms with Crippen molar-refractivity contribution >= 4 is 33.1 Å². The molecule has 130 valence electrons. The first-order valence-corrected chi connectivity index (χ1v) is 9.09. The Kier molecular flexibility index (Phi) is 4.24. The molecule has 0 saturated heterocycles. The summed E-state index contributed by atoms with van der Waals surface area (Å²) in [6.45, 7) is 4.04. The van der Waals surface area contributed by atoms with Crippen molar-refractivity contribution in [3.63, 3.8) is 0 Å². The van der Waals surface area contributed by atoms with Crippen molar-refractivity contribution in [1.29, 1.82) is 0 Å². The zero-order chi connectivity index (χ0) is 18.3. The van der Waals surface area contributed by atoms with Crippen LogP contribution in [0.25, 0.3) is 16.9 Å². The molecule has 4 rings (SSSR count). The van der Waals surface area contributed by atoms with Gasteiger partial charge in [-0.25, -0.2) is 9.37 Å². The van der Waals surface area contributed by atoms with Crippen molar-refractivity contribution in [1.82, 2.24) is 9.38 Å². The highest BCUT2D eigenvalue weighted by molar-refractivity contribution is 9.10. The van der Waals surface area contributed by atoms with Crippen molar-refractivity contribution in [2.24, 2.45) is 0 Å². The lowest BCUT2D eigenvalue weighted by molar-refractivity contribution is 0.630. The summed E-state index contributed by atoms with van der Waals surface area (Å²) in [5, 5.41) is 3.45. The quantitative estimate of drug-likeness (QED) is 0.432. The maximum Gasteiger partial charge on any atom is 0.143 e. The minimum Gasteiger partial charge on any atom is -0.339 e. The molecule has 0 aliphatic heterocycles. The minimum atomic E-state index is -0.304. The van der Waals surface area contributed by atoms with Crippen LogP contribution in [0.3, 0.4) is 0 Å². The van der Waals surface area contributed by atoms with Gasteiger partial charge in [-0.05, 0) is 55.3 Å². The SMILES string of the molecule is Cc1ccccc1Nc1c(-c2cc(Br)ccc2F)nc2c(C)cccn12. The number of hydrogen-bond donors (Lipinski definition) is 1. The summed E-state index contributed by atoms with van der Waals surface area (Å²) < 4.78 is 17.4. The molecule has 1 N–H and O–H groups in total. The van der Waals surface area contributed by atoms with Crippen LogP contribution < -0.4 is 5.32 Å². The van der Waals surface area contributed by atoms with E-state index >= 15 is 0 Å². The molecule has 0 aliphatic rings. The normalized spacial score (nSPS) is 11.1. The Morgan fingerprint density at radius 2 is 1.77 bits per heavy atom. The van der Waals surface area contributed by atoms with Crippen LogP contribution in [-0.2, 0) is 0 Å². The van der Waals surface area contributed by atoms with Crippen LogP contribution >= 0.6 is 15.9 Å². The Labute approximate surface area is 159 Å². The molecule has 0 saturated carbocycles. The van der Waals surface area contributed by atoms with E-state index in [-0.39, 0.29) is 5.82 Å². The third kappa shape index (κ3) is 2.88. The average Bonchev–Trinajstić information content (AvgIpc) is 2.99. The predicted octanol–water partition coefficient (Wildman–Crippen LogP) is 6.26. The number of benzene rings is 2. The largest absolute Gasteiger partial charge is 0.339 e. The predicted molar refractivity (Wildman–Crippen MR) is 107 cm³/mol. The third-order valence-corrected chi connectivity index (χ3v) is 4.92. The monoisotopic (exact) mass is 409 g/mol. The van der Waals surface area contributed by atoms with Gasteiger partial charge in [0, 0.05) is 21.9 Å². The zero-order valence-corrected chi connectivity index (χ0v) is 16.0. The molecular formula is C21H17BrFN3. The van der Waals surface area contributed by atoms with Gasteiger partial charge in [-0.3, -0.25) is 4.40 Å². The standard InChI is InChI=1S/C21H17BrFN3/c1-13-6-3-4-8-18(13)24-21-19(16-12-15(22)9-10-17(16)23)25-20-14(2)7-5-11-26(20)21/h3-12,24H,1-2H3. The van der Waals surface area contributed by atoms with Crippen LogP contribution in [0.2, 0.25) is 0 Å². The number of aromatic nitrogens is 2. The third-order valence-electron chi connectivity index (χ3n) is 4.43. The van der Waals surface area contributed by atoms with Gasteiger partial charge in [0.1, 0.15) is 23.0 Å². The molecule has 3 nitrogen and oxygen atoms in total. The van der Waals surface area contributed by atoms with E-state index in [9.17, 15) is 4.39 Å². The highest BCUT2D eigenvalue weighted by Gasteiger charge is 2.19. The van der Waals surface area contributed by atoms with Crippen molar-refractivity contribution in [3.05, 3.63) is 82.2 Å². The number of halogens is 2. The molecule has 2 aromatic heterocycles. The molecular weight excluding hydrogens is 393 g/mol. The Morgan fingerprint density at radius 3 is 2.58 bits per heavy atom. The van der Waals surface area contributed by atoms with Crippen LogP contribution in [0.5, 0.6) is 0 Å². The summed E-state index contributed by atoms with van der Waals surface area (Å²) in [5.41, 5.74) is 4.95. The molecule has 0 radical (unpaired) electrons. The number of nitrogens with zero attached hydrogens (tertiary/aromatic N) is 2. The molecule has 26 heavy (non-hydrogen) atoms. The van der Waals surface area contributed by atoms with Gasteiger partial charge >= 0.3 is 0 Å². The Bertz CT molecular complexity index is 1120. The van der Waals surface area contributed by atoms with Crippen LogP contribution in [0, 0.1) is 19.7 Å². The number of para-hydroxylation sites is 1. The highest BCUT2D eigenvalue weighted by Crippen LogP contribution is 2.35. The van der Waals surface area contributed by atoms with Gasteiger partial charge in [-0.1, -0.05) is 40.2 Å². The van der Waals surface area contributed by atoms with E-state index in [1.165, 1.54) is 6.07 Å². The second-order valence-electron chi connectivity index (χ2n) is 6.26. The molecule has 0 spiro atoms. The number of rotatable bonds is 3. The second kappa shape index (κ2) is 6.57. The van der Waals surface area contributed by atoms with E-state index in [0.29, 0.717) is 11.3 Å². The van der Waals surface area contributed by atoms with Crippen molar-refractivity contribution in [3.8, 4) is 11.3 Å². The maximum absolute atomic E-state index is 14.6. The van der Waals surface area contributed by atoms with Gasteiger partial charge in [0.05, 0.1) is 0 Å². The molecule has 5 heteroatoms. The van der Waals surface area contributed by atoms with Crippen LogP contribution in [0.4, 0.5) is 15.9 Å². The van der Waals surface area contributed by atoms with E-state index in [4.69, 9.17) is 4.98 Å². The topological polar surface area (TPSA) is 29.3 Å². The lowest BCUT2D eigenvalue weighted by Gasteiger charge is -2.12. The molecule has 2 aromatic carbocycles. The fraction of sp³-hybridized carbons (Fsp3) is 0.0952. The minimum absolute atomic E-state index is 0.304. The fourth-order valence-electron chi connectivity index (χ4n) is 3.03. The van der Waals surface area contributed by atoms with Gasteiger partial charge in [0.15, 0.2) is 0 Å². The molecule has 0 unspecified atom stereocenters. The molecule has 0 aliphatic carbocycles. The number of nitrogens with one attached hydrogen (secondary N) is 1. The summed E-state index contributed by atoms with van der Waals surface area (Å²) in [7, 11) is 0. The van der Waals surface area contributed by atoms with E-state index < -0.39 is 0 Å². The number of aryl methyl sites for hydroxylation is 2. The summed E-state index contributed by atoms with van der Waals surface area (Å²) >= 11 is 3.43. The second-order valence-corrected chi connectivity index (χ2v) is 7.17. The van der Waals surface area contributed by atoms with Crippen molar-refractivity contribution in [2.45, 2.75) is 13.8 Å². The molecule has 0 amide bonds. The fourth-order valence-corrected chi connectivity index (χ4v) is 3.39. The van der Waals surface area contributed by atoms with E-state index in [0.717, 1.165) is 32.8 Å². The lowest BCUT2D eigenvalue weighted by atomic mass is 10.1. The van der Waals surface area contributed by atoms with E-state index in [1.54, 1.807) is 12.1 Å². The Morgan fingerprint density at radius 1 is 1.00 bits per heavy atom. The van der Waals surface area contributed by atoms with Crippen molar-refractivity contribution < 1.29 is 4.39 Å². The van der Waals surface area contributed by atoms with Gasteiger partial charge in [0.2, 0.25) is 0 Å². The molecule has 0 bridgehead atoms. The summed E-state index contributed by atoms with van der Waals surface area (Å²) in [4.78, 5) is 4.75. The van der Waals surface area contributed by atoms with Crippen LogP contribution in [0.15, 0.2) is 65.3 Å². The van der Waals surface area contributed by atoms with Gasteiger partial charge in [0.25, 0.3) is 0 Å². The summed E-state index contributed by atoms with van der Waals surface area (Å²) in [5.74, 6) is 0.442. The number of pyridine rings is 1. The molecule has 0 fully saturated rings. The molecule has 2 heterocycles. The first-order chi connectivity index (χ1) is 12.5. The highest BCUT2D eigenvalue weighted by atomic mass is 79.9. The van der Waals surface area contributed by atoms with Gasteiger partial charge in [-0.15, -0.1) is 0 Å². The number of imidazole rings is 1. The number of fused-ring (bicyclic) bond motifs is 1. The number of anilines is 2. The van der Waals surface area contributed by atoms with E-state index in [2.05, 4.69) is 21.2 Å². The Balaban J connectivity index is 1.99. The first-order valence-electron chi connectivity index (χ1n) is 8.30. The van der Waals surface area contributed by atoms with Gasteiger partial charge < -0.3 is 5.32 Å². The first kappa shape index (κ1) is 16.8. The summed E-state index contributed by atoms with van der Waals surface area (Å²) in [6, 6.07) is 16.9. The van der Waals surface area contributed by atoms with E-state index in [1.807, 2.05) is 60.8 Å². The van der Waals surface area contributed by atoms with Gasteiger partial charge in [-0.2, -0.15) is 0 Å². The van der Waals surface area contributed by atoms with Crippen LogP contribution in [0.1, 0.15) is 11.1 Å². The molecule has 0 atom stereocenters. The Hall–Kier alpha value is -2.66. The van der Waals surface area contributed by atoms with Crippen molar-refractivity contribution in [2.75, 3.05) is 5.32 Å². The van der Waals surface area contributed by atoms with Crippen LogP contribution in [-0.4, -0.2) is 9.38 Å². The maximum atomic E-state index is 14.6. The summed E-state index contributed by atoms with van der Waals surface area (Å²) in [6.07, 6.45) is 1.94. The smallest absolute Gasteiger partial charge is 0.143 e. The molecule has 4 aromatic rings. The number of hydrogen-bond acceptors (Lipinski definition) is 2. The average molecular weight is 410 g/mol. The lowest BCUT2D eigenvalue weighted by Crippen LogP contribution is -1.99. The zero-order valence-electron chi connectivity index (χ0n) is 14.4.